The molecule has 6 heteroatoms. The number of aliphatic carboxylic acids is 1. The second-order valence-corrected chi connectivity index (χ2v) is 8.30. The first kappa shape index (κ1) is 24.5. The van der Waals surface area contributed by atoms with Crippen molar-refractivity contribution in [1.29, 1.82) is 0 Å². The van der Waals surface area contributed by atoms with Crippen molar-refractivity contribution in [1.82, 2.24) is 5.32 Å². The van der Waals surface area contributed by atoms with Crippen molar-refractivity contribution >= 4 is 11.9 Å². The minimum Gasteiger partial charge on any atom is -0.497 e. The number of hydrogen-bond acceptors (Lipinski definition) is 4. The number of amides is 1. The number of carbonyl (C=O) groups is 2. The molecule has 0 radical (unpaired) electrons. The van der Waals surface area contributed by atoms with Gasteiger partial charge in [0.1, 0.15) is 17.5 Å². The maximum absolute atomic E-state index is 12.9. The Morgan fingerprint density at radius 1 is 0.722 bits per heavy atom. The number of methoxy groups -OCH3 is 2. The van der Waals surface area contributed by atoms with Crippen LogP contribution in [0.5, 0.6) is 11.5 Å². The van der Waals surface area contributed by atoms with Gasteiger partial charge in [0.2, 0.25) is 0 Å². The highest BCUT2D eigenvalue weighted by atomic mass is 16.5. The Morgan fingerprint density at radius 3 is 1.72 bits per heavy atom. The molecule has 6 nitrogen and oxygen atoms in total. The van der Waals surface area contributed by atoms with Crippen molar-refractivity contribution in [3.8, 4) is 33.8 Å². The molecule has 182 valence electrons. The summed E-state index contributed by atoms with van der Waals surface area (Å²) in [6.07, 6.45) is 0.169. The van der Waals surface area contributed by atoms with Crippen LogP contribution in [-0.4, -0.2) is 37.2 Å². The SMILES string of the molecule is COc1ccc(-c2ccc(CC(NC(=O)c3cccc(-c4ccc(OC)cc4)c3)C(=O)O)cc2)cc1. The van der Waals surface area contributed by atoms with E-state index in [1.54, 1.807) is 32.4 Å². The maximum Gasteiger partial charge on any atom is 0.326 e. The van der Waals surface area contributed by atoms with Gasteiger partial charge >= 0.3 is 5.97 Å². The number of rotatable bonds is 9. The molecule has 4 aromatic rings. The van der Waals surface area contributed by atoms with E-state index in [2.05, 4.69) is 5.32 Å². The second-order valence-electron chi connectivity index (χ2n) is 8.30. The smallest absolute Gasteiger partial charge is 0.326 e. The summed E-state index contributed by atoms with van der Waals surface area (Å²) in [6.45, 7) is 0. The predicted octanol–water partition coefficient (Wildman–Crippen LogP) is 5.46. The fourth-order valence-corrected chi connectivity index (χ4v) is 3.92. The minimum absolute atomic E-state index is 0.169. The lowest BCUT2D eigenvalue weighted by molar-refractivity contribution is -0.139. The van der Waals surface area contributed by atoms with Crippen LogP contribution in [0.15, 0.2) is 97.1 Å². The molecular formula is C30H27NO5. The highest BCUT2D eigenvalue weighted by Gasteiger charge is 2.21. The third kappa shape index (κ3) is 5.91. The van der Waals surface area contributed by atoms with Gasteiger partial charge in [-0.25, -0.2) is 4.79 Å². The number of hydrogen-bond donors (Lipinski definition) is 2. The third-order valence-corrected chi connectivity index (χ3v) is 5.97. The Labute approximate surface area is 210 Å². The van der Waals surface area contributed by atoms with Crippen LogP contribution in [0.4, 0.5) is 0 Å². The fourth-order valence-electron chi connectivity index (χ4n) is 3.92. The van der Waals surface area contributed by atoms with Crippen LogP contribution < -0.4 is 14.8 Å². The molecule has 0 saturated carbocycles. The number of nitrogens with one attached hydrogen (secondary N) is 1. The van der Waals surface area contributed by atoms with Crippen LogP contribution in [0, 0.1) is 0 Å². The van der Waals surface area contributed by atoms with Crippen LogP contribution in [0.3, 0.4) is 0 Å². The van der Waals surface area contributed by atoms with Crippen LogP contribution in [-0.2, 0) is 11.2 Å². The number of carboxylic acid groups (broad SMARTS) is 1. The average Bonchev–Trinajstić information content (AvgIpc) is 2.93. The van der Waals surface area contributed by atoms with E-state index in [0.717, 1.165) is 39.3 Å². The fraction of sp³-hybridized carbons (Fsp3) is 0.133. The standard InChI is InChI=1S/C30H27NO5/c1-35-26-14-10-22(11-15-26)21-8-6-20(7-9-21)18-28(30(33)34)31-29(32)25-5-3-4-24(19-25)23-12-16-27(36-2)17-13-23/h3-17,19,28H,18H2,1-2H3,(H,31,32)(H,33,34). The molecule has 1 unspecified atom stereocenters. The summed E-state index contributed by atoms with van der Waals surface area (Å²) < 4.78 is 10.4. The van der Waals surface area contributed by atoms with Gasteiger partial charge in [0.05, 0.1) is 14.2 Å². The Morgan fingerprint density at radius 2 is 1.22 bits per heavy atom. The lowest BCUT2D eigenvalue weighted by Crippen LogP contribution is -2.42. The average molecular weight is 482 g/mol. The molecule has 1 amide bonds. The third-order valence-electron chi connectivity index (χ3n) is 5.97. The highest BCUT2D eigenvalue weighted by Crippen LogP contribution is 2.24. The quantitative estimate of drug-likeness (QED) is 0.331. The van der Waals surface area contributed by atoms with Crippen LogP contribution >= 0.6 is 0 Å². The monoisotopic (exact) mass is 481 g/mol. The van der Waals surface area contributed by atoms with E-state index >= 15 is 0 Å². The van der Waals surface area contributed by atoms with E-state index < -0.39 is 17.9 Å². The lowest BCUT2D eigenvalue weighted by atomic mass is 10.00. The summed E-state index contributed by atoms with van der Waals surface area (Å²) in [7, 11) is 3.23. The molecule has 0 aliphatic heterocycles. The molecule has 0 saturated heterocycles. The van der Waals surface area contributed by atoms with E-state index in [4.69, 9.17) is 9.47 Å². The summed E-state index contributed by atoms with van der Waals surface area (Å²) in [5.74, 6) is 0.000400. The Hall–Kier alpha value is -4.58. The summed E-state index contributed by atoms with van der Waals surface area (Å²) in [6, 6.07) is 28.9. The summed E-state index contributed by atoms with van der Waals surface area (Å²) >= 11 is 0. The first-order valence-electron chi connectivity index (χ1n) is 11.5. The van der Waals surface area contributed by atoms with Crippen LogP contribution in [0.2, 0.25) is 0 Å². The Kier molecular flexibility index (Phi) is 7.66. The summed E-state index contributed by atoms with van der Waals surface area (Å²) in [5, 5.41) is 12.4. The molecule has 4 rings (SSSR count). The molecule has 0 aliphatic carbocycles. The normalized spacial score (nSPS) is 11.4. The van der Waals surface area contributed by atoms with Crippen molar-refractivity contribution in [2.24, 2.45) is 0 Å². The van der Waals surface area contributed by atoms with Gasteiger partial charge in [0.15, 0.2) is 0 Å². The van der Waals surface area contributed by atoms with Gasteiger partial charge in [-0.1, -0.05) is 60.7 Å². The van der Waals surface area contributed by atoms with E-state index in [-0.39, 0.29) is 6.42 Å². The largest absolute Gasteiger partial charge is 0.497 e. The summed E-state index contributed by atoms with van der Waals surface area (Å²) in [4.78, 5) is 24.9. The van der Waals surface area contributed by atoms with Gasteiger partial charge in [0, 0.05) is 12.0 Å². The zero-order valence-corrected chi connectivity index (χ0v) is 20.1. The maximum atomic E-state index is 12.9. The van der Waals surface area contributed by atoms with Gasteiger partial charge in [-0.3, -0.25) is 4.79 Å². The lowest BCUT2D eigenvalue weighted by Gasteiger charge is -2.15. The van der Waals surface area contributed by atoms with Gasteiger partial charge in [0.25, 0.3) is 5.91 Å². The van der Waals surface area contributed by atoms with Gasteiger partial charge in [-0.05, 0) is 64.2 Å². The van der Waals surface area contributed by atoms with Crippen molar-refractivity contribution < 1.29 is 24.2 Å². The number of carboxylic acids is 1. The molecule has 36 heavy (non-hydrogen) atoms. The molecule has 0 aromatic heterocycles. The van der Waals surface area contributed by atoms with Gasteiger partial charge in [-0.2, -0.15) is 0 Å². The molecule has 0 aliphatic rings. The number of ether oxygens (including phenoxy) is 2. The van der Waals surface area contributed by atoms with E-state index in [1.165, 1.54) is 0 Å². The van der Waals surface area contributed by atoms with Gasteiger partial charge in [-0.15, -0.1) is 0 Å². The molecular weight excluding hydrogens is 454 g/mol. The first-order valence-corrected chi connectivity index (χ1v) is 11.5. The van der Waals surface area contributed by atoms with Crippen molar-refractivity contribution in [3.05, 3.63) is 108 Å². The topological polar surface area (TPSA) is 84.9 Å². The molecule has 4 aromatic carbocycles. The first-order chi connectivity index (χ1) is 17.5. The molecule has 0 heterocycles. The highest BCUT2D eigenvalue weighted by molar-refractivity contribution is 5.97. The van der Waals surface area contributed by atoms with Crippen LogP contribution in [0.1, 0.15) is 15.9 Å². The second kappa shape index (κ2) is 11.2. The van der Waals surface area contributed by atoms with Gasteiger partial charge < -0.3 is 19.9 Å². The van der Waals surface area contributed by atoms with Crippen LogP contribution in [0.25, 0.3) is 22.3 Å². The van der Waals surface area contributed by atoms with Crippen molar-refractivity contribution in [3.63, 3.8) is 0 Å². The van der Waals surface area contributed by atoms with E-state index in [1.807, 2.05) is 78.9 Å². The molecule has 2 N–H and O–H groups in total. The van der Waals surface area contributed by atoms with E-state index in [9.17, 15) is 14.7 Å². The molecule has 1 atom stereocenters. The van der Waals surface area contributed by atoms with Crippen molar-refractivity contribution in [2.45, 2.75) is 12.5 Å². The predicted molar refractivity (Wildman–Crippen MR) is 139 cm³/mol. The zero-order chi connectivity index (χ0) is 25.5. The molecule has 0 spiro atoms. The van der Waals surface area contributed by atoms with E-state index in [0.29, 0.717) is 5.56 Å². The summed E-state index contributed by atoms with van der Waals surface area (Å²) in [5.41, 5.74) is 5.02. The number of carbonyl (C=O) groups excluding carboxylic acids is 1. The van der Waals surface area contributed by atoms with Crippen molar-refractivity contribution in [2.75, 3.05) is 14.2 Å². The number of benzene rings is 4. The zero-order valence-electron chi connectivity index (χ0n) is 20.1. The Bertz CT molecular complexity index is 1330. The molecule has 0 fully saturated rings. The minimum atomic E-state index is -1.09. The molecule has 0 bridgehead atoms. The Balaban J connectivity index is 1.45.